The van der Waals surface area contributed by atoms with Gasteiger partial charge >= 0.3 is 0 Å². The highest BCUT2D eigenvalue weighted by molar-refractivity contribution is 9.10. The summed E-state index contributed by atoms with van der Waals surface area (Å²) in [6.45, 7) is 1.62. The maximum Gasteiger partial charge on any atom is 0.244 e. The van der Waals surface area contributed by atoms with Crippen molar-refractivity contribution in [1.82, 2.24) is 9.62 Å². The number of hydrogen-bond donors (Lipinski definition) is 1. The van der Waals surface area contributed by atoms with Crippen LogP contribution in [-0.2, 0) is 10.0 Å². The molecule has 4 nitrogen and oxygen atoms in total. The van der Waals surface area contributed by atoms with Gasteiger partial charge in [-0.2, -0.15) is 4.31 Å². The lowest BCUT2D eigenvalue weighted by Crippen LogP contribution is -2.42. The van der Waals surface area contributed by atoms with Gasteiger partial charge in [-0.25, -0.2) is 8.42 Å². The fraction of sp³-hybridized carbons (Fsp3) is 0.538. The molecule has 0 amide bonds. The predicted molar refractivity (Wildman–Crippen MR) is 89.7 cm³/mol. The summed E-state index contributed by atoms with van der Waals surface area (Å²) in [5, 5.41) is 3.84. The second kappa shape index (κ2) is 6.72. The standard InChI is InChI=1S/C13H16BrClN2O2S.ClH/c14-12-7-9(15)1-4-13(12)20(18,19)17-10-2-3-11(17)8-16-6-5-10;/h1,4,7,10-11,16H,2-3,5-6,8H2;1H. The van der Waals surface area contributed by atoms with Crippen LogP contribution in [0, 0.1) is 0 Å². The second-order valence-corrected chi connectivity index (χ2v) is 8.39. The van der Waals surface area contributed by atoms with Crippen molar-refractivity contribution in [2.45, 2.75) is 36.2 Å². The Balaban J connectivity index is 0.00000161. The summed E-state index contributed by atoms with van der Waals surface area (Å²) in [6.07, 6.45) is 2.76. The van der Waals surface area contributed by atoms with Crippen LogP contribution in [0.1, 0.15) is 19.3 Å². The Labute approximate surface area is 144 Å². The number of hydrogen-bond acceptors (Lipinski definition) is 3. The smallest absolute Gasteiger partial charge is 0.244 e. The van der Waals surface area contributed by atoms with Crippen LogP contribution in [0.3, 0.4) is 0 Å². The third-order valence-electron chi connectivity index (χ3n) is 4.04. The van der Waals surface area contributed by atoms with E-state index in [2.05, 4.69) is 21.2 Å². The first-order valence-electron chi connectivity index (χ1n) is 6.69. The Kier molecular flexibility index (Phi) is 5.60. The molecule has 3 rings (SSSR count). The van der Waals surface area contributed by atoms with Gasteiger partial charge in [-0.3, -0.25) is 0 Å². The molecular weight excluding hydrogens is 399 g/mol. The Morgan fingerprint density at radius 1 is 1.24 bits per heavy atom. The Bertz CT molecular complexity index is 613. The van der Waals surface area contributed by atoms with E-state index in [9.17, 15) is 8.42 Å². The van der Waals surface area contributed by atoms with Gasteiger partial charge in [-0.1, -0.05) is 11.6 Å². The monoisotopic (exact) mass is 414 g/mol. The molecule has 0 radical (unpaired) electrons. The number of rotatable bonds is 2. The van der Waals surface area contributed by atoms with Gasteiger partial charge in [0, 0.05) is 28.1 Å². The van der Waals surface area contributed by atoms with Gasteiger partial charge in [0.2, 0.25) is 10.0 Å². The van der Waals surface area contributed by atoms with E-state index in [4.69, 9.17) is 11.6 Å². The largest absolute Gasteiger partial charge is 0.315 e. The number of fused-ring (bicyclic) bond motifs is 2. The van der Waals surface area contributed by atoms with E-state index in [1.165, 1.54) is 0 Å². The fourth-order valence-corrected chi connectivity index (χ4v) is 6.37. The summed E-state index contributed by atoms with van der Waals surface area (Å²) in [4.78, 5) is 0.306. The molecule has 2 aliphatic heterocycles. The Morgan fingerprint density at radius 2 is 1.95 bits per heavy atom. The highest BCUT2D eigenvalue weighted by Gasteiger charge is 2.43. The minimum atomic E-state index is -3.48. The van der Waals surface area contributed by atoms with Crippen molar-refractivity contribution in [3.8, 4) is 0 Å². The van der Waals surface area contributed by atoms with Gasteiger partial charge in [0.05, 0.1) is 4.90 Å². The van der Waals surface area contributed by atoms with Crippen molar-refractivity contribution in [2.75, 3.05) is 13.1 Å². The van der Waals surface area contributed by atoms with Crippen LogP contribution in [0.25, 0.3) is 0 Å². The summed E-state index contributed by atoms with van der Waals surface area (Å²) in [7, 11) is -3.48. The fourth-order valence-electron chi connectivity index (χ4n) is 3.13. The van der Waals surface area contributed by atoms with E-state index < -0.39 is 10.0 Å². The minimum Gasteiger partial charge on any atom is -0.315 e. The third kappa shape index (κ3) is 3.26. The van der Waals surface area contributed by atoms with E-state index in [-0.39, 0.29) is 24.5 Å². The van der Waals surface area contributed by atoms with Gasteiger partial charge < -0.3 is 5.32 Å². The molecule has 0 spiro atoms. The van der Waals surface area contributed by atoms with Gasteiger partial charge in [0.15, 0.2) is 0 Å². The van der Waals surface area contributed by atoms with Crippen LogP contribution in [0.2, 0.25) is 5.02 Å². The van der Waals surface area contributed by atoms with E-state index in [1.54, 1.807) is 22.5 Å². The second-order valence-electron chi connectivity index (χ2n) is 5.29. The third-order valence-corrected chi connectivity index (χ3v) is 7.25. The zero-order chi connectivity index (χ0) is 14.3. The van der Waals surface area contributed by atoms with E-state index in [1.807, 2.05) is 0 Å². The van der Waals surface area contributed by atoms with Crippen molar-refractivity contribution in [2.24, 2.45) is 0 Å². The number of sulfonamides is 1. The van der Waals surface area contributed by atoms with Crippen LogP contribution in [0.5, 0.6) is 0 Å². The van der Waals surface area contributed by atoms with Gasteiger partial charge in [-0.15, -0.1) is 12.4 Å². The Morgan fingerprint density at radius 3 is 2.67 bits per heavy atom. The molecule has 0 aromatic heterocycles. The topological polar surface area (TPSA) is 49.4 Å². The first-order chi connectivity index (χ1) is 9.50. The lowest BCUT2D eigenvalue weighted by atomic mass is 10.1. The molecule has 1 aromatic rings. The molecule has 0 saturated carbocycles. The zero-order valence-electron chi connectivity index (χ0n) is 11.3. The summed E-state index contributed by atoms with van der Waals surface area (Å²) in [5.41, 5.74) is 0. The molecule has 2 bridgehead atoms. The molecular formula is C13H17BrCl2N2O2S. The van der Waals surface area contributed by atoms with Crippen LogP contribution >= 0.6 is 39.9 Å². The van der Waals surface area contributed by atoms with Crippen molar-refractivity contribution in [3.05, 3.63) is 27.7 Å². The number of halogens is 3. The average Bonchev–Trinajstić information content (AvgIpc) is 2.63. The first kappa shape index (κ1) is 17.5. The van der Waals surface area contributed by atoms with E-state index in [0.717, 1.165) is 32.4 Å². The van der Waals surface area contributed by atoms with E-state index >= 15 is 0 Å². The van der Waals surface area contributed by atoms with Crippen LogP contribution < -0.4 is 5.32 Å². The van der Waals surface area contributed by atoms with Crippen LogP contribution in [0.4, 0.5) is 0 Å². The van der Waals surface area contributed by atoms with Gasteiger partial charge in [-0.05, 0) is 59.9 Å². The van der Waals surface area contributed by atoms with Crippen molar-refractivity contribution < 1.29 is 8.42 Å². The number of nitrogens with one attached hydrogen (secondary N) is 1. The average molecular weight is 416 g/mol. The Hall–Kier alpha value is 0.150. The quantitative estimate of drug-likeness (QED) is 0.807. The summed E-state index contributed by atoms with van der Waals surface area (Å²) < 4.78 is 28.2. The molecule has 118 valence electrons. The molecule has 2 fully saturated rings. The molecule has 1 N–H and O–H groups in total. The molecule has 21 heavy (non-hydrogen) atoms. The molecule has 0 aliphatic carbocycles. The SMILES string of the molecule is Cl.O=S(=O)(c1ccc(Cl)cc1Br)N1C2CCNCC1CC2. The van der Waals surface area contributed by atoms with Crippen molar-refractivity contribution in [3.63, 3.8) is 0 Å². The summed E-state index contributed by atoms with van der Waals surface area (Å²) in [5.74, 6) is 0. The molecule has 2 aliphatic rings. The van der Waals surface area contributed by atoms with E-state index in [0.29, 0.717) is 14.4 Å². The minimum absolute atomic E-state index is 0. The van der Waals surface area contributed by atoms with Crippen molar-refractivity contribution in [1.29, 1.82) is 0 Å². The molecule has 2 unspecified atom stereocenters. The highest BCUT2D eigenvalue weighted by Crippen LogP contribution is 2.36. The van der Waals surface area contributed by atoms with Crippen LogP contribution in [-0.4, -0.2) is 37.9 Å². The maximum absolute atomic E-state index is 13.0. The lowest BCUT2D eigenvalue weighted by Gasteiger charge is -2.27. The van der Waals surface area contributed by atoms with Gasteiger partial charge in [0.25, 0.3) is 0 Å². The van der Waals surface area contributed by atoms with Gasteiger partial charge in [0.1, 0.15) is 0 Å². The maximum atomic E-state index is 13.0. The highest BCUT2D eigenvalue weighted by atomic mass is 79.9. The number of nitrogens with zero attached hydrogens (tertiary/aromatic N) is 1. The molecule has 1 aromatic carbocycles. The lowest BCUT2D eigenvalue weighted by molar-refractivity contribution is 0.334. The molecule has 2 saturated heterocycles. The number of benzene rings is 1. The predicted octanol–water partition coefficient (Wildman–Crippen LogP) is 3.04. The molecule has 8 heteroatoms. The summed E-state index contributed by atoms with van der Waals surface area (Å²) in [6, 6.07) is 5.01. The van der Waals surface area contributed by atoms with Crippen molar-refractivity contribution >= 4 is 50.0 Å². The first-order valence-corrected chi connectivity index (χ1v) is 9.30. The van der Waals surface area contributed by atoms with Crippen LogP contribution in [0.15, 0.2) is 27.6 Å². The summed E-state index contributed by atoms with van der Waals surface area (Å²) >= 11 is 9.22. The molecule has 2 heterocycles. The normalized spacial score (nSPS) is 26.2. The zero-order valence-corrected chi connectivity index (χ0v) is 15.2. The molecule has 2 atom stereocenters.